The molecule has 2 heterocycles. The molecule has 0 radical (unpaired) electrons. The fraction of sp³-hybridized carbons (Fsp3) is 0.500. The van der Waals surface area contributed by atoms with Crippen LogP contribution in [0.5, 0.6) is 11.5 Å². The Morgan fingerprint density at radius 3 is 2.48 bits per heavy atom. The van der Waals surface area contributed by atoms with Gasteiger partial charge in [0.25, 0.3) is 0 Å². The lowest BCUT2D eigenvalue weighted by atomic mass is 9.90. The molecule has 9 nitrogen and oxygen atoms in total. The Bertz CT molecular complexity index is 851. The van der Waals surface area contributed by atoms with E-state index in [2.05, 4.69) is 12.2 Å². The molecule has 0 aromatic heterocycles. The second-order valence-electron chi connectivity index (χ2n) is 6.91. The summed E-state index contributed by atoms with van der Waals surface area (Å²) in [6.07, 6.45) is 2.36. The number of carbonyl (C=O) groups is 4. The van der Waals surface area contributed by atoms with Crippen LogP contribution in [0.25, 0.3) is 0 Å². The molecular weight excluding hydrogens is 380 g/mol. The molecule has 1 aromatic rings. The van der Waals surface area contributed by atoms with Gasteiger partial charge in [-0.2, -0.15) is 0 Å². The number of rotatable bonds is 8. The molecule has 2 unspecified atom stereocenters. The van der Waals surface area contributed by atoms with Gasteiger partial charge in [0, 0.05) is 12.1 Å². The van der Waals surface area contributed by atoms with Crippen molar-refractivity contribution in [1.29, 1.82) is 0 Å². The predicted octanol–water partition coefficient (Wildman–Crippen LogP) is 2.19. The van der Waals surface area contributed by atoms with Gasteiger partial charge in [-0.3, -0.25) is 19.8 Å². The van der Waals surface area contributed by atoms with Crippen molar-refractivity contribution in [3.8, 4) is 11.5 Å². The minimum atomic E-state index is -1.35. The van der Waals surface area contributed by atoms with Gasteiger partial charge in [-0.1, -0.05) is 32.3 Å². The molecule has 1 aromatic carbocycles. The first-order valence-electron chi connectivity index (χ1n) is 9.56. The van der Waals surface area contributed by atoms with E-state index < -0.39 is 35.8 Å². The molecule has 1 saturated heterocycles. The molecule has 0 bridgehead atoms. The smallest absolute Gasteiger partial charge is 0.343 e. The number of hydrogen-bond acceptors (Lipinski definition) is 7. The van der Waals surface area contributed by atoms with E-state index in [9.17, 15) is 19.2 Å². The maximum atomic E-state index is 13.0. The van der Waals surface area contributed by atoms with Crippen molar-refractivity contribution in [1.82, 2.24) is 10.2 Å². The maximum absolute atomic E-state index is 13.0. The van der Waals surface area contributed by atoms with Gasteiger partial charge in [0.05, 0.1) is 14.2 Å². The fourth-order valence-electron chi connectivity index (χ4n) is 3.68. The summed E-state index contributed by atoms with van der Waals surface area (Å²) < 4.78 is 15.9. The molecule has 1 N–H and O–H groups in total. The number of hydrogen-bond donors (Lipinski definition) is 1. The second kappa shape index (κ2) is 8.50. The van der Waals surface area contributed by atoms with E-state index in [0.717, 1.165) is 24.2 Å². The summed E-state index contributed by atoms with van der Waals surface area (Å²) in [5.41, 5.74) is 0.463. The van der Waals surface area contributed by atoms with Crippen LogP contribution >= 0.6 is 0 Å². The van der Waals surface area contributed by atoms with Crippen LogP contribution in [0.2, 0.25) is 0 Å². The van der Waals surface area contributed by atoms with Gasteiger partial charge >= 0.3 is 12.0 Å². The highest BCUT2D eigenvalue weighted by molar-refractivity contribution is 6.17. The third-order valence-corrected chi connectivity index (χ3v) is 5.15. The van der Waals surface area contributed by atoms with Crippen molar-refractivity contribution < 1.29 is 33.4 Å². The van der Waals surface area contributed by atoms with Crippen molar-refractivity contribution in [3.05, 3.63) is 23.3 Å². The first kappa shape index (κ1) is 20.6. The van der Waals surface area contributed by atoms with Crippen LogP contribution in [0.3, 0.4) is 0 Å². The normalized spacial score (nSPS) is 21.0. The number of ether oxygens (including phenoxy) is 3. The zero-order valence-electron chi connectivity index (χ0n) is 16.6. The number of cyclic esters (lactones) is 1. The van der Waals surface area contributed by atoms with Crippen LogP contribution in [0.4, 0.5) is 4.79 Å². The Kier molecular flexibility index (Phi) is 6.05. The minimum Gasteiger partial charge on any atom is -0.493 e. The number of esters is 1. The summed E-state index contributed by atoms with van der Waals surface area (Å²) in [7, 11) is 2.82. The van der Waals surface area contributed by atoms with Crippen LogP contribution in [0.1, 0.15) is 54.6 Å². The first-order chi connectivity index (χ1) is 13.9. The van der Waals surface area contributed by atoms with Crippen molar-refractivity contribution in [2.24, 2.45) is 5.92 Å². The van der Waals surface area contributed by atoms with E-state index in [1.807, 2.05) is 0 Å². The molecule has 2 aliphatic heterocycles. The van der Waals surface area contributed by atoms with Crippen LogP contribution in [-0.4, -0.2) is 49.5 Å². The molecule has 2 aliphatic rings. The molecule has 0 saturated carbocycles. The van der Waals surface area contributed by atoms with E-state index in [-0.39, 0.29) is 17.9 Å². The van der Waals surface area contributed by atoms with Crippen LogP contribution < -0.4 is 14.8 Å². The van der Waals surface area contributed by atoms with Gasteiger partial charge in [0.15, 0.2) is 17.4 Å². The molecular formula is C20H24N2O7. The highest BCUT2D eigenvalue weighted by Gasteiger charge is 2.51. The number of barbiturate groups is 1. The predicted molar refractivity (Wildman–Crippen MR) is 101 cm³/mol. The third kappa shape index (κ3) is 3.64. The average Bonchev–Trinajstić information content (AvgIpc) is 3.02. The van der Waals surface area contributed by atoms with Gasteiger partial charge < -0.3 is 14.2 Å². The van der Waals surface area contributed by atoms with Crippen molar-refractivity contribution in [2.45, 2.75) is 38.7 Å². The van der Waals surface area contributed by atoms with Crippen LogP contribution in [0.15, 0.2) is 12.1 Å². The highest BCUT2D eigenvalue weighted by Crippen LogP contribution is 2.45. The summed E-state index contributed by atoms with van der Waals surface area (Å²) in [4.78, 5) is 51.2. The molecule has 156 valence electrons. The molecule has 4 amide bonds. The summed E-state index contributed by atoms with van der Waals surface area (Å²) in [5.74, 6) is -3.01. The molecule has 29 heavy (non-hydrogen) atoms. The zero-order valence-corrected chi connectivity index (χ0v) is 16.6. The summed E-state index contributed by atoms with van der Waals surface area (Å²) >= 11 is 0. The number of benzene rings is 1. The number of nitrogens with zero attached hydrogens (tertiary/aromatic N) is 1. The van der Waals surface area contributed by atoms with Crippen molar-refractivity contribution in [2.75, 3.05) is 20.8 Å². The Balaban J connectivity index is 1.90. The fourth-order valence-corrected chi connectivity index (χ4v) is 3.68. The maximum Gasteiger partial charge on any atom is 0.343 e. The van der Waals surface area contributed by atoms with E-state index in [1.54, 1.807) is 12.1 Å². The Morgan fingerprint density at radius 2 is 1.83 bits per heavy atom. The highest BCUT2D eigenvalue weighted by atomic mass is 16.6. The zero-order chi connectivity index (χ0) is 21.1. The Labute approximate surface area is 168 Å². The van der Waals surface area contributed by atoms with Crippen molar-refractivity contribution in [3.63, 3.8) is 0 Å². The third-order valence-electron chi connectivity index (χ3n) is 5.15. The lowest BCUT2D eigenvalue weighted by Crippen LogP contribution is -2.59. The second-order valence-corrected chi connectivity index (χ2v) is 6.91. The molecule has 1 fully saturated rings. The Morgan fingerprint density at radius 1 is 1.07 bits per heavy atom. The van der Waals surface area contributed by atoms with Gasteiger partial charge in [0.2, 0.25) is 11.8 Å². The Hall–Kier alpha value is -3.10. The van der Waals surface area contributed by atoms with E-state index in [4.69, 9.17) is 14.2 Å². The molecule has 0 spiro atoms. The van der Waals surface area contributed by atoms with E-state index >= 15 is 0 Å². The van der Waals surface area contributed by atoms with Gasteiger partial charge in [-0.25, -0.2) is 9.59 Å². The van der Waals surface area contributed by atoms with Crippen LogP contribution in [-0.2, 0) is 14.3 Å². The number of carbonyl (C=O) groups excluding carboxylic acids is 4. The van der Waals surface area contributed by atoms with E-state index in [1.165, 1.54) is 14.2 Å². The molecule has 0 aliphatic carbocycles. The summed E-state index contributed by atoms with van der Waals surface area (Å²) in [6.45, 7) is 2.26. The standard InChI is InChI=1S/C20H24N2O7/c1-4-5-6-7-10-22-18(24)14(17(23)21-20(22)26)15-11-8-9-12(27-2)16(28-3)13(11)19(25)29-15/h8-9,14-15H,4-7,10H2,1-3H3,(H,21,23,26). The lowest BCUT2D eigenvalue weighted by molar-refractivity contribution is -0.147. The molecule has 2 atom stereocenters. The van der Waals surface area contributed by atoms with Gasteiger partial charge in [-0.15, -0.1) is 0 Å². The van der Waals surface area contributed by atoms with Crippen molar-refractivity contribution >= 4 is 23.8 Å². The number of methoxy groups -OCH3 is 2. The minimum absolute atomic E-state index is 0.115. The number of fused-ring (bicyclic) bond motifs is 1. The summed E-state index contributed by atoms with van der Waals surface area (Å²) in [6, 6.07) is 2.39. The number of nitrogens with one attached hydrogen (secondary N) is 1. The van der Waals surface area contributed by atoms with Crippen LogP contribution in [0, 0.1) is 5.92 Å². The monoisotopic (exact) mass is 404 g/mol. The number of imide groups is 2. The number of unbranched alkanes of at least 4 members (excludes halogenated alkanes) is 3. The first-order valence-corrected chi connectivity index (χ1v) is 9.56. The summed E-state index contributed by atoms with van der Waals surface area (Å²) in [5, 5.41) is 2.20. The van der Waals surface area contributed by atoms with E-state index in [0.29, 0.717) is 17.7 Å². The number of urea groups is 1. The SMILES string of the molecule is CCCCCCN1C(=O)NC(=O)C(C2OC(=O)c3c2ccc(OC)c3OC)C1=O. The molecule has 9 heteroatoms. The van der Waals surface area contributed by atoms with Gasteiger partial charge in [-0.05, 0) is 12.5 Å². The average molecular weight is 404 g/mol. The lowest BCUT2D eigenvalue weighted by Gasteiger charge is -2.32. The quantitative estimate of drug-likeness (QED) is 0.402. The number of amides is 4. The topological polar surface area (TPSA) is 111 Å². The largest absolute Gasteiger partial charge is 0.493 e. The van der Waals surface area contributed by atoms with Gasteiger partial charge in [0.1, 0.15) is 11.7 Å². The molecule has 3 rings (SSSR count).